The van der Waals surface area contributed by atoms with Crippen LogP contribution < -0.4 is 13.3 Å². The maximum atomic E-state index is 5.27. The van der Waals surface area contributed by atoms with E-state index in [1.54, 1.807) is 18.4 Å². The van der Waals surface area contributed by atoms with E-state index in [2.05, 4.69) is 48.0 Å². The Morgan fingerprint density at radius 1 is 0.947 bits per heavy atom. The van der Waals surface area contributed by atoms with Crippen molar-refractivity contribution in [2.75, 3.05) is 14.2 Å². The molecular formula is C15H14NOS2+. The number of nitrogens with zero attached hydrogens (tertiary/aromatic N) is 1. The summed E-state index contributed by atoms with van der Waals surface area (Å²) in [6.45, 7) is 0. The highest BCUT2D eigenvalue weighted by atomic mass is 32.2. The Morgan fingerprint density at radius 3 is 2.42 bits per heavy atom. The number of hydrogen-bond donors (Lipinski definition) is 0. The molecule has 19 heavy (non-hydrogen) atoms. The number of hydrogen-bond acceptors (Lipinski definition) is 3. The molecule has 3 aromatic rings. The summed E-state index contributed by atoms with van der Waals surface area (Å²) >= 11 is 3.60. The van der Waals surface area contributed by atoms with Crippen molar-refractivity contribution >= 4 is 37.8 Å². The molecule has 0 spiro atoms. The van der Waals surface area contributed by atoms with Crippen LogP contribution in [0.25, 0.3) is 9.40 Å². The first-order chi connectivity index (χ1) is 9.28. The van der Waals surface area contributed by atoms with E-state index in [0.717, 1.165) is 5.75 Å². The maximum Gasteiger partial charge on any atom is 0.320 e. The molecule has 0 unspecified atom stereocenters. The number of para-hydroxylation sites is 1. The maximum absolute atomic E-state index is 5.27. The molecule has 0 amide bonds. The van der Waals surface area contributed by atoms with E-state index in [0.29, 0.717) is 0 Å². The van der Waals surface area contributed by atoms with Gasteiger partial charge in [0.2, 0.25) is 5.69 Å². The van der Waals surface area contributed by atoms with Gasteiger partial charge in [-0.3, -0.25) is 0 Å². The van der Waals surface area contributed by atoms with Crippen LogP contribution >= 0.6 is 22.7 Å². The molecule has 0 aliphatic heterocycles. The minimum Gasteiger partial charge on any atom is -0.497 e. The molecule has 1 heterocycles. The highest BCUT2D eigenvalue weighted by Crippen LogP contribution is 2.26. The van der Waals surface area contributed by atoms with Crippen LogP contribution in [0.4, 0.5) is 5.69 Å². The largest absolute Gasteiger partial charge is 0.497 e. The topological polar surface area (TPSA) is 12.2 Å². The molecule has 0 aliphatic carbocycles. The van der Waals surface area contributed by atoms with Gasteiger partial charge in [-0.25, -0.2) is 0 Å². The van der Waals surface area contributed by atoms with Crippen molar-refractivity contribution < 1.29 is 4.74 Å². The monoisotopic (exact) mass is 288 g/mol. The second-order valence-corrected chi connectivity index (χ2v) is 6.50. The summed E-state index contributed by atoms with van der Waals surface area (Å²) in [4.78, 5) is 0. The van der Waals surface area contributed by atoms with E-state index >= 15 is 0 Å². The van der Waals surface area contributed by atoms with Crippen molar-refractivity contribution in [1.29, 1.82) is 0 Å². The van der Waals surface area contributed by atoms with Gasteiger partial charge in [-0.15, -0.1) is 0 Å². The lowest BCUT2D eigenvalue weighted by Gasteiger charge is -1.96. The highest BCUT2D eigenvalue weighted by molar-refractivity contribution is 7.35. The lowest BCUT2D eigenvalue weighted by molar-refractivity contribution is 0.415. The first-order valence-electron chi connectivity index (χ1n) is 5.97. The molecule has 2 aromatic carbocycles. The van der Waals surface area contributed by atoms with Crippen LogP contribution in [-0.2, 0) is 0 Å². The van der Waals surface area contributed by atoms with Gasteiger partial charge in [-0.1, -0.05) is 40.9 Å². The van der Waals surface area contributed by atoms with Gasteiger partial charge in [0.25, 0.3) is 0 Å². The van der Waals surface area contributed by atoms with Gasteiger partial charge < -0.3 is 4.74 Å². The summed E-state index contributed by atoms with van der Waals surface area (Å²) in [5.41, 5.74) is 1.21. The number of fused-ring (bicyclic) bond motifs is 1. The normalized spacial score (nSPS) is 12.5. The van der Waals surface area contributed by atoms with Gasteiger partial charge >= 0.3 is 3.98 Å². The van der Waals surface area contributed by atoms with Gasteiger partial charge in [0.15, 0.2) is 0 Å². The van der Waals surface area contributed by atoms with Crippen LogP contribution in [0.2, 0.25) is 0 Å². The summed E-state index contributed by atoms with van der Waals surface area (Å²) in [6.07, 6.45) is 0. The molecule has 0 saturated carbocycles. The average Bonchev–Trinajstić information content (AvgIpc) is 2.90. The summed E-state index contributed by atoms with van der Waals surface area (Å²) in [5, 5.41) is 0. The third-order valence-electron chi connectivity index (χ3n) is 2.96. The predicted molar refractivity (Wildman–Crippen MR) is 83.5 cm³/mol. The van der Waals surface area contributed by atoms with Crippen molar-refractivity contribution in [1.82, 2.24) is 4.58 Å². The molecule has 96 valence electrons. The van der Waals surface area contributed by atoms with E-state index in [4.69, 9.17) is 4.74 Å². The lowest BCUT2D eigenvalue weighted by atomic mass is 10.3. The Bertz CT molecular complexity index is 771. The number of methoxy groups -OCH3 is 1. The van der Waals surface area contributed by atoms with Gasteiger partial charge in [-0.2, -0.15) is 4.58 Å². The Kier molecular flexibility index (Phi) is 3.36. The van der Waals surface area contributed by atoms with Crippen molar-refractivity contribution in [2.24, 2.45) is 0 Å². The third kappa shape index (κ3) is 2.41. The lowest BCUT2D eigenvalue weighted by Crippen LogP contribution is -2.14. The molecular weight excluding hydrogens is 274 g/mol. The molecule has 3 rings (SSSR count). The Labute approximate surface area is 119 Å². The molecule has 0 radical (unpaired) electrons. The van der Waals surface area contributed by atoms with Crippen LogP contribution in [0.3, 0.4) is 0 Å². The second-order valence-electron chi connectivity index (χ2n) is 4.18. The summed E-state index contributed by atoms with van der Waals surface area (Å²) in [5.74, 6) is 0.912. The number of rotatable bonds is 2. The first-order valence-corrected chi connectivity index (χ1v) is 7.61. The SMILES string of the molecule is COc1ccc2sc(=[N+](C)c3ccccc3)sc2c1. The molecule has 0 saturated heterocycles. The Balaban J connectivity index is 2.20. The molecule has 0 fully saturated rings. The predicted octanol–water partition coefficient (Wildman–Crippen LogP) is 3.71. The molecule has 0 bridgehead atoms. The van der Waals surface area contributed by atoms with Crippen molar-refractivity contribution in [3.63, 3.8) is 0 Å². The van der Waals surface area contributed by atoms with Gasteiger partial charge in [-0.05, 0) is 18.2 Å². The van der Waals surface area contributed by atoms with Crippen molar-refractivity contribution in [3.8, 4) is 5.75 Å². The minimum atomic E-state index is 0.912. The molecule has 0 aliphatic rings. The Morgan fingerprint density at radius 2 is 1.68 bits per heavy atom. The number of ether oxygens (including phenoxy) is 1. The summed E-state index contributed by atoms with van der Waals surface area (Å²) in [6, 6.07) is 16.6. The zero-order valence-corrected chi connectivity index (χ0v) is 12.4. The highest BCUT2D eigenvalue weighted by Gasteiger charge is 2.09. The number of benzene rings is 2. The van der Waals surface area contributed by atoms with Crippen LogP contribution in [0.5, 0.6) is 5.75 Å². The van der Waals surface area contributed by atoms with Crippen LogP contribution in [-0.4, -0.2) is 14.2 Å². The van der Waals surface area contributed by atoms with E-state index in [1.807, 2.05) is 23.5 Å². The van der Waals surface area contributed by atoms with Gasteiger partial charge in [0.05, 0.1) is 16.5 Å². The molecule has 0 atom stereocenters. The van der Waals surface area contributed by atoms with Crippen molar-refractivity contribution in [2.45, 2.75) is 0 Å². The summed E-state index contributed by atoms with van der Waals surface area (Å²) < 4.78 is 11.3. The fourth-order valence-corrected chi connectivity index (χ4v) is 4.34. The van der Waals surface area contributed by atoms with E-state index in [9.17, 15) is 0 Å². The minimum absolute atomic E-state index is 0.912. The zero-order valence-electron chi connectivity index (χ0n) is 10.8. The van der Waals surface area contributed by atoms with E-state index < -0.39 is 0 Å². The fraction of sp³-hybridized carbons (Fsp3) is 0.133. The molecule has 1 aromatic heterocycles. The second kappa shape index (κ2) is 5.15. The molecule has 2 nitrogen and oxygen atoms in total. The van der Waals surface area contributed by atoms with Crippen LogP contribution in [0, 0.1) is 0 Å². The van der Waals surface area contributed by atoms with Crippen LogP contribution in [0.15, 0.2) is 48.5 Å². The molecule has 0 N–H and O–H groups in total. The Hall–Kier alpha value is -1.65. The average molecular weight is 288 g/mol. The third-order valence-corrected chi connectivity index (χ3v) is 5.62. The molecule has 4 heteroatoms. The summed E-state index contributed by atoms with van der Waals surface area (Å²) in [7, 11) is 3.81. The quantitative estimate of drug-likeness (QED) is 0.655. The van der Waals surface area contributed by atoms with Gasteiger partial charge in [0, 0.05) is 12.1 Å². The smallest absolute Gasteiger partial charge is 0.320 e. The van der Waals surface area contributed by atoms with Crippen molar-refractivity contribution in [3.05, 3.63) is 52.5 Å². The van der Waals surface area contributed by atoms with Crippen LogP contribution in [0.1, 0.15) is 0 Å². The van der Waals surface area contributed by atoms with E-state index in [1.165, 1.54) is 19.1 Å². The zero-order chi connectivity index (χ0) is 13.2. The standard InChI is InChI=1S/C15H14NOS2/c1-16(11-6-4-3-5-7-11)15-18-13-9-8-12(17-2)10-14(13)19-15/h3-10H,1-2H3/q+1. The fourth-order valence-electron chi connectivity index (χ4n) is 1.88. The first kappa shape index (κ1) is 12.4. The van der Waals surface area contributed by atoms with Gasteiger partial charge in [0.1, 0.15) is 12.8 Å². The van der Waals surface area contributed by atoms with E-state index in [-0.39, 0.29) is 0 Å².